The van der Waals surface area contributed by atoms with Gasteiger partial charge in [0.2, 0.25) is 5.91 Å². The molecule has 2 aromatic carbocycles. The minimum absolute atomic E-state index is 0.0274. The molecule has 2 amide bonds. The van der Waals surface area contributed by atoms with Crippen LogP contribution in [0.2, 0.25) is 0 Å². The molecule has 0 radical (unpaired) electrons. The molecular weight excluding hydrogens is 595 g/mol. The van der Waals surface area contributed by atoms with Crippen LogP contribution in [0.25, 0.3) is 11.0 Å². The van der Waals surface area contributed by atoms with Gasteiger partial charge in [0, 0.05) is 12.5 Å². The van der Waals surface area contributed by atoms with E-state index in [2.05, 4.69) is 20.3 Å². The number of aromatic nitrogens is 2. The van der Waals surface area contributed by atoms with Crippen LogP contribution in [0.15, 0.2) is 59.7 Å². The summed E-state index contributed by atoms with van der Waals surface area (Å²) in [5, 5.41) is 14.1. The van der Waals surface area contributed by atoms with E-state index in [0.29, 0.717) is 36.0 Å². The number of carbonyl (C=O) groups is 3. The maximum atomic E-state index is 14.0. The molecule has 248 valence electrons. The fourth-order valence-electron chi connectivity index (χ4n) is 4.90. The van der Waals surface area contributed by atoms with Gasteiger partial charge in [0.05, 0.1) is 29.4 Å². The monoisotopic (exact) mass is 638 g/mol. The summed E-state index contributed by atoms with van der Waals surface area (Å²) >= 11 is 0. The van der Waals surface area contributed by atoms with Crippen LogP contribution < -0.4 is 28.3 Å². The molecule has 46 heavy (non-hydrogen) atoms. The molecule has 0 spiro atoms. The van der Waals surface area contributed by atoms with Gasteiger partial charge in [0.25, 0.3) is 5.91 Å². The highest BCUT2D eigenvalue weighted by atomic mass is 19.1. The van der Waals surface area contributed by atoms with Gasteiger partial charge >= 0.3 is 5.97 Å². The van der Waals surface area contributed by atoms with Crippen LogP contribution >= 0.6 is 0 Å². The van der Waals surface area contributed by atoms with Crippen LogP contribution in [0.3, 0.4) is 0 Å². The molecule has 0 fully saturated rings. The number of ether oxygens (including phenoxy) is 1. The van der Waals surface area contributed by atoms with Gasteiger partial charge in [0.1, 0.15) is 23.2 Å². The molecule has 0 aliphatic carbocycles. The number of rotatable bonds is 17. The summed E-state index contributed by atoms with van der Waals surface area (Å²) in [6.45, 7) is 3.69. The Kier molecular flexibility index (Phi) is 12.9. The predicted molar refractivity (Wildman–Crippen MR) is 171 cm³/mol. The van der Waals surface area contributed by atoms with E-state index in [-0.39, 0.29) is 37.3 Å². The van der Waals surface area contributed by atoms with Crippen LogP contribution in [0.1, 0.15) is 62.0 Å². The summed E-state index contributed by atoms with van der Waals surface area (Å²) in [4.78, 5) is 50.8. The minimum atomic E-state index is -1.26. The van der Waals surface area contributed by atoms with Gasteiger partial charge in [-0.3, -0.25) is 24.4 Å². The molecule has 0 unspecified atom stereocenters. The Hall–Kier alpha value is -4.69. The number of hydrogen-bond donors (Lipinski definition) is 6. The number of guanidine groups is 1. The Morgan fingerprint density at radius 1 is 1.07 bits per heavy atom. The molecule has 1 heterocycles. The van der Waals surface area contributed by atoms with Gasteiger partial charge < -0.3 is 38.1 Å². The smallest absolute Gasteiger partial charge is 0.323 e. The summed E-state index contributed by atoms with van der Waals surface area (Å²) in [7, 11) is 0. The molecule has 0 saturated heterocycles. The lowest BCUT2D eigenvalue weighted by Crippen LogP contribution is -2.47. The number of amides is 2. The number of nitrogens with one attached hydrogen (secondary N) is 1. The first kappa shape index (κ1) is 35.8. The summed E-state index contributed by atoms with van der Waals surface area (Å²) < 4.78 is 19.6. The lowest BCUT2D eigenvalue weighted by molar-refractivity contribution is -0.159. The van der Waals surface area contributed by atoms with E-state index in [1.807, 2.05) is 0 Å². The van der Waals surface area contributed by atoms with Crippen LogP contribution in [0.4, 0.5) is 4.39 Å². The van der Waals surface area contributed by atoms with Crippen molar-refractivity contribution in [2.24, 2.45) is 33.8 Å². The number of aliphatic imine (C=N–C) groups is 1. The van der Waals surface area contributed by atoms with E-state index in [1.165, 1.54) is 24.4 Å². The Morgan fingerprint density at radius 3 is 2.46 bits per heavy atom. The number of para-hydroxylation sites is 2. The zero-order valence-corrected chi connectivity index (χ0v) is 26.1. The average molecular weight is 639 g/mol. The van der Waals surface area contributed by atoms with Crippen LogP contribution in [-0.4, -0.2) is 69.2 Å². The lowest BCUT2D eigenvalue weighted by Gasteiger charge is -2.30. The van der Waals surface area contributed by atoms with E-state index in [1.54, 1.807) is 44.2 Å². The van der Waals surface area contributed by atoms with Gasteiger partial charge in [-0.15, -0.1) is 0 Å². The Balaban J connectivity index is 1.68. The van der Waals surface area contributed by atoms with Gasteiger partial charge in [0.15, 0.2) is 5.96 Å². The number of fused-ring (bicyclic) bond motifs is 1. The molecule has 10 N–H and O–H groups in total. The second-order valence-electron chi connectivity index (χ2n) is 11.8. The number of halogens is 1. The molecular formula is C32H43FN8O5. The first-order chi connectivity index (χ1) is 21.7. The molecule has 0 aliphatic rings. The summed E-state index contributed by atoms with van der Waals surface area (Å²) in [6, 6.07) is 11.0. The molecule has 13 nitrogen and oxygen atoms in total. The molecule has 3 aromatic rings. The second-order valence-corrected chi connectivity index (χ2v) is 11.8. The number of esters is 1. The van der Waals surface area contributed by atoms with Gasteiger partial charge in [-0.1, -0.05) is 24.3 Å². The maximum Gasteiger partial charge on any atom is 0.323 e. The molecule has 4 atom stereocenters. The van der Waals surface area contributed by atoms with E-state index < -0.39 is 53.3 Å². The fourth-order valence-corrected chi connectivity index (χ4v) is 4.90. The number of hydrogen-bond acceptors (Lipinski definition) is 9. The van der Waals surface area contributed by atoms with Crippen molar-refractivity contribution in [3.8, 4) is 0 Å². The van der Waals surface area contributed by atoms with Crippen molar-refractivity contribution in [2.75, 3.05) is 6.54 Å². The summed E-state index contributed by atoms with van der Waals surface area (Å²) in [5.74, 6) is -3.24. The topological polar surface area (TPSA) is 235 Å². The highest BCUT2D eigenvalue weighted by Gasteiger charge is 2.32. The van der Waals surface area contributed by atoms with E-state index in [0.717, 1.165) is 0 Å². The SMILES string of the molecule is CC(C)(CC[C@H](C[C@H](O)[C@H](Cc1cccc(F)c1)NC(=O)c1cnc2ccccc2n1)C(N)=O)OC(=O)[C@@H](N)CCCN=C(N)N. The normalized spacial score (nSPS) is 14.1. The van der Waals surface area contributed by atoms with Gasteiger partial charge in [-0.25, -0.2) is 9.37 Å². The van der Waals surface area contributed by atoms with E-state index in [9.17, 15) is 23.9 Å². The van der Waals surface area contributed by atoms with Crippen molar-refractivity contribution >= 4 is 34.8 Å². The van der Waals surface area contributed by atoms with Crippen molar-refractivity contribution in [2.45, 2.75) is 76.2 Å². The largest absolute Gasteiger partial charge is 0.459 e. The Labute approximate surface area is 267 Å². The number of carbonyl (C=O) groups excluding carboxylic acids is 3. The Bertz CT molecular complexity index is 1530. The average Bonchev–Trinajstić information content (AvgIpc) is 3.00. The third-order valence-corrected chi connectivity index (χ3v) is 7.48. The van der Waals surface area contributed by atoms with Crippen molar-refractivity contribution < 1.29 is 28.6 Å². The number of aliphatic hydroxyl groups excluding tert-OH is 1. The second kappa shape index (κ2) is 16.6. The fraction of sp³-hybridized carbons (Fsp3) is 0.438. The maximum absolute atomic E-state index is 14.0. The van der Waals surface area contributed by atoms with Crippen LogP contribution in [0, 0.1) is 11.7 Å². The molecule has 0 bridgehead atoms. The van der Waals surface area contributed by atoms with E-state index in [4.69, 9.17) is 27.7 Å². The molecule has 0 aliphatic heterocycles. The van der Waals surface area contributed by atoms with Crippen molar-refractivity contribution in [3.63, 3.8) is 0 Å². The molecule has 0 saturated carbocycles. The zero-order chi connectivity index (χ0) is 33.9. The quantitative estimate of drug-likeness (QED) is 0.0538. The minimum Gasteiger partial charge on any atom is -0.459 e. The van der Waals surface area contributed by atoms with Crippen molar-refractivity contribution in [1.29, 1.82) is 0 Å². The number of benzene rings is 2. The van der Waals surface area contributed by atoms with Crippen molar-refractivity contribution in [1.82, 2.24) is 15.3 Å². The molecule has 14 heteroatoms. The zero-order valence-electron chi connectivity index (χ0n) is 26.1. The summed E-state index contributed by atoms with van der Waals surface area (Å²) in [5.41, 5.74) is 22.9. The van der Waals surface area contributed by atoms with Crippen LogP contribution in [0.5, 0.6) is 0 Å². The Morgan fingerprint density at radius 2 is 1.78 bits per heavy atom. The third-order valence-electron chi connectivity index (χ3n) is 7.48. The predicted octanol–water partition coefficient (Wildman–Crippen LogP) is 1.45. The molecule has 3 rings (SSSR count). The number of primary amides is 1. The first-order valence-electron chi connectivity index (χ1n) is 15.0. The first-order valence-corrected chi connectivity index (χ1v) is 15.0. The van der Waals surface area contributed by atoms with Gasteiger partial charge in [-0.05, 0) is 82.2 Å². The highest BCUT2D eigenvalue weighted by molar-refractivity contribution is 5.94. The number of nitrogens with two attached hydrogens (primary N) is 4. The lowest BCUT2D eigenvalue weighted by atomic mass is 9.87. The number of nitrogens with zero attached hydrogens (tertiary/aromatic N) is 3. The van der Waals surface area contributed by atoms with E-state index >= 15 is 0 Å². The standard InChI is InChI=1S/C32H43FN8O5/c1-32(2,46-30(45)22(34)9-6-14-38-31(36)37)13-12-20(28(35)43)17-27(42)25(16-19-7-5-8-21(33)15-19)41-29(44)26-18-39-23-10-3-4-11-24(23)40-26/h3-5,7-8,10-11,15,18,20,22,25,27,42H,6,9,12-14,16-17,34H2,1-2H3,(H2,35,43)(H,41,44)(H4,36,37,38)/t20-,22+,25+,27+/m1/s1. The van der Waals surface area contributed by atoms with Crippen LogP contribution in [-0.2, 0) is 20.7 Å². The highest BCUT2D eigenvalue weighted by Crippen LogP contribution is 2.25. The van der Waals surface area contributed by atoms with Gasteiger partial charge in [-0.2, -0.15) is 0 Å². The van der Waals surface area contributed by atoms with Crippen molar-refractivity contribution in [3.05, 3.63) is 71.8 Å². The number of aliphatic hydroxyl groups is 1. The summed E-state index contributed by atoms with van der Waals surface area (Å²) in [6.07, 6.45) is 1.20. The third kappa shape index (κ3) is 11.3. The molecule has 1 aromatic heterocycles.